The highest BCUT2D eigenvalue weighted by atomic mass is 16.5. The first-order valence-corrected chi connectivity index (χ1v) is 11.1. The van der Waals surface area contributed by atoms with Crippen LogP contribution in [-0.4, -0.2) is 29.9 Å². The Kier molecular flexibility index (Phi) is 5.07. The molecule has 5 nitrogen and oxygen atoms in total. The predicted octanol–water partition coefficient (Wildman–Crippen LogP) is 5.50. The van der Waals surface area contributed by atoms with Crippen molar-refractivity contribution in [3.05, 3.63) is 46.7 Å². The van der Waals surface area contributed by atoms with E-state index in [9.17, 15) is 14.7 Å². The van der Waals surface area contributed by atoms with E-state index in [-0.39, 0.29) is 39.9 Å². The number of methoxy groups -OCH3 is 1. The molecule has 1 aromatic carbocycles. The summed E-state index contributed by atoms with van der Waals surface area (Å²) in [6, 6.07) is 1.41. The molecule has 1 aliphatic heterocycles. The molecule has 166 valence electrons. The summed E-state index contributed by atoms with van der Waals surface area (Å²) in [6.07, 6.45) is 6.13. The Morgan fingerprint density at radius 3 is 2.65 bits per heavy atom. The van der Waals surface area contributed by atoms with Gasteiger partial charge in [0, 0.05) is 22.6 Å². The third kappa shape index (κ3) is 3.20. The zero-order chi connectivity index (χ0) is 22.7. The van der Waals surface area contributed by atoms with Crippen LogP contribution in [0.25, 0.3) is 0 Å². The summed E-state index contributed by atoms with van der Waals surface area (Å²) in [4.78, 5) is 25.5. The number of ether oxygens (including phenoxy) is 2. The second-order valence-electron chi connectivity index (χ2n) is 10.2. The van der Waals surface area contributed by atoms with Gasteiger partial charge in [0.25, 0.3) is 0 Å². The average molecular weight is 425 g/mol. The van der Waals surface area contributed by atoms with Crippen LogP contribution in [0.15, 0.2) is 30.1 Å². The number of phenols is 1. The van der Waals surface area contributed by atoms with E-state index < -0.39 is 11.2 Å². The third-order valence-corrected chi connectivity index (χ3v) is 7.93. The summed E-state index contributed by atoms with van der Waals surface area (Å²) in [7, 11) is 1.35. The standard InChI is InChI=1S/C26H32O5/c1-14-8-7-10-25(3,4)17(14)9-11-26(5)15(2)31-24-21-16(12-19(28)22(24)26)23(29)20(30-6)13-18(21)27/h12-13,15,17,28H,1,7-11H2,2-6H3/t15-,17?,26-/m1/s1. The predicted molar refractivity (Wildman–Crippen MR) is 119 cm³/mol. The molecule has 0 aromatic heterocycles. The van der Waals surface area contributed by atoms with Crippen LogP contribution >= 0.6 is 0 Å². The maximum Gasteiger partial charge on any atom is 0.228 e. The summed E-state index contributed by atoms with van der Waals surface area (Å²) < 4.78 is 11.2. The molecule has 0 saturated heterocycles. The molecule has 4 rings (SSSR count). The summed E-state index contributed by atoms with van der Waals surface area (Å²) in [6.45, 7) is 13.0. The molecular formula is C26H32O5. The largest absolute Gasteiger partial charge is 0.507 e. The molecule has 31 heavy (non-hydrogen) atoms. The van der Waals surface area contributed by atoms with E-state index in [0.29, 0.717) is 17.2 Å². The highest BCUT2D eigenvalue weighted by Crippen LogP contribution is 2.55. The fourth-order valence-corrected chi connectivity index (χ4v) is 5.83. The highest BCUT2D eigenvalue weighted by Gasteiger charge is 2.49. The molecule has 0 bridgehead atoms. The minimum atomic E-state index is -0.475. The summed E-state index contributed by atoms with van der Waals surface area (Å²) in [5.74, 6) is -0.0215. The molecule has 1 fully saturated rings. The van der Waals surface area contributed by atoms with Gasteiger partial charge in [-0.1, -0.05) is 32.9 Å². The zero-order valence-corrected chi connectivity index (χ0v) is 19.1. The van der Waals surface area contributed by atoms with Gasteiger partial charge in [0.05, 0.1) is 12.7 Å². The Morgan fingerprint density at radius 2 is 2.00 bits per heavy atom. The monoisotopic (exact) mass is 424 g/mol. The van der Waals surface area contributed by atoms with Gasteiger partial charge >= 0.3 is 0 Å². The molecule has 1 heterocycles. The van der Waals surface area contributed by atoms with E-state index >= 15 is 0 Å². The maximum absolute atomic E-state index is 12.8. The fourth-order valence-electron chi connectivity index (χ4n) is 5.83. The van der Waals surface area contributed by atoms with Crippen molar-refractivity contribution >= 4 is 11.6 Å². The van der Waals surface area contributed by atoms with Gasteiger partial charge in [0.1, 0.15) is 17.6 Å². The first-order valence-electron chi connectivity index (χ1n) is 11.1. The van der Waals surface area contributed by atoms with Crippen molar-refractivity contribution in [1.82, 2.24) is 0 Å². The lowest BCUT2D eigenvalue weighted by atomic mass is 9.63. The number of aromatic hydroxyl groups is 1. The van der Waals surface area contributed by atoms with Gasteiger partial charge in [0.2, 0.25) is 5.78 Å². The van der Waals surface area contributed by atoms with Gasteiger partial charge in [-0.15, -0.1) is 0 Å². The number of hydrogen-bond donors (Lipinski definition) is 1. The number of phenolic OH excluding ortho intramolecular Hbond substituents is 1. The number of rotatable bonds is 4. The van der Waals surface area contributed by atoms with Gasteiger partial charge < -0.3 is 14.6 Å². The Labute approximate surface area is 184 Å². The maximum atomic E-state index is 12.8. The third-order valence-electron chi connectivity index (χ3n) is 7.93. The molecule has 5 heteroatoms. The van der Waals surface area contributed by atoms with Crippen LogP contribution in [0.5, 0.6) is 11.5 Å². The molecule has 2 aliphatic carbocycles. The average Bonchev–Trinajstić information content (AvgIpc) is 2.95. The molecule has 0 spiro atoms. The van der Waals surface area contributed by atoms with E-state index in [1.165, 1.54) is 37.7 Å². The minimum absolute atomic E-state index is 0.000772. The number of benzene rings is 1. The van der Waals surface area contributed by atoms with Gasteiger partial charge in [-0.05, 0) is 56.4 Å². The van der Waals surface area contributed by atoms with Crippen LogP contribution in [0.2, 0.25) is 0 Å². The molecule has 0 radical (unpaired) electrons. The summed E-state index contributed by atoms with van der Waals surface area (Å²) >= 11 is 0. The van der Waals surface area contributed by atoms with E-state index in [0.717, 1.165) is 19.3 Å². The Hall–Kier alpha value is -2.56. The molecule has 3 atom stereocenters. The van der Waals surface area contributed by atoms with Crippen LogP contribution in [0.1, 0.15) is 86.1 Å². The smallest absolute Gasteiger partial charge is 0.228 e. The van der Waals surface area contributed by atoms with Crippen LogP contribution < -0.4 is 4.74 Å². The van der Waals surface area contributed by atoms with Crippen LogP contribution in [0.3, 0.4) is 0 Å². The van der Waals surface area contributed by atoms with Crippen molar-refractivity contribution in [3.63, 3.8) is 0 Å². The summed E-state index contributed by atoms with van der Waals surface area (Å²) in [5.41, 5.74) is 2.03. The number of allylic oxidation sites excluding steroid dienone is 3. The first kappa shape index (κ1) is 21.7. The number of ketones is 2. The van der Waals surface area contributed by atoms with E-state index in [2.05, 4.69) is 27.4 Å². The molecule has 1 N–H and O–H groups in total. The first-order chi connectivity index (χ1) is 14.5. The second kappa shape index (κ2) is 7.25. The van der Waals surface area contributed by atoms with Gasteiger partial charge in [-0.2, -0.15) is 0 Å². The Bertz CT molecular complexity index is 1020. The van der Waals surface area contributed by atoms with Crippen molar-refractivity contribution in [1.29, 1.82) is 0 Å². The fraction of sp³-hybridized carbons (Fsp3) is 0.538. The molecule has 0 amide bonds. The van der Waals surface area contributed by atoms with E-state index in [4.69, 9.17) is 9.47 Å². The van der Waals surface area contributed by atoms with Crippen LogP contribution in [0.4, 0.5) is 0 Å². The zero-order valence-electron chi connectivity index (χ0n) is 19.1. The highest BCUT2D eigenvalue weighted by molar-refractivity contribution is 6.25. The van der Waals surface area contributed by atoms with E-state index in [1.54, 1.807) is 0 Å². The second-order valence-corrected chi connectivity index (χ2v) is 10.2. The van der Waals surface area contributed by atoms with Crippen molar-refractivity contribution in [2.75, 3.05) is 7.11 Å². The molecule has 3 aliphatic rings. The summed E-state index contributed by atoms with van der Waals surface area (Å²) in [5, 5.41) is 11.0. The minimum Gasteiger partial charge on any atom is -0.507 e. The topological polar surface area (TPSA) is 72.8 Å². The molecule has 1 unspecified atom stereocenters. The van der Waals surface area contributed by atoms with Gasteiger partial charge in [0.15, 0.2) is 11.5 Å². The lowest BCUT2D eigenvalue weighted by Gasteiger charge is -2.42. The van der Waals surface area contributed by atoms with Gasteiger partial charge in [-0.25, -0.2) is 0 Å². The van der Waals surface area contributed by atoms with Crippen LogP contribution in [0, 0.1) is 11.3 Å². The van der Waals surface area contributed by atoms with Crippen molar-refractivity contribution < 1.29 is 24.2 Å². The number of fused-ring (bicyclic) bond motifs is 3. The Morgan fingerprint density at radius 1 is 1.29 bits per heavy atom. The number of hydrogen-bond acceptors (Lipinski definition) is 5. The normalized spacial score (nSPS) is 29.2. The molecule has 1 aromatic rings. The lowest BCUT2D eigenvalue weighted by Crippen LogP contribution is -2.36. The van der Waals surface area contributed by atoms with Gasteiger partial charge in [-0.3, -0.25) is 9.59 Å². The van der Waals surface area contributed by atoms with Crippen molar-refractivity contribution in [3.8, 4) is 11.5 Å². The SMILES string of the molecule is C=C1CCCC(C)(C)C1CC[C@@]1(C)c2c(O)cc3c(c2O[C@@H]1C)C(=O)C=C(OC)C3=O. The number of carbonyl (C=O) groups excluding carboxylic acids is 2. The van der Waals surface area contributed by atoms with Crippen molar-refractivity contribution in [2.24, 2.45) is 11.3 Å². The lowest BCUT2D eigenvalue weighted by molar-refractivity contribution is 0.0912. The molecular weight excluding hydrogens is 392 g/mol. The van der Waals surface area contributed by atoms with Crippen molar-refractivity contribution in [2.45, 2.75) is 71.3 Å². The quantitative estimate of drug-likeness (QED) is 0.646. The van der Waals surface area contributed by atoms with Crippen LogP contribution in [-0.2, 0) is 10.2 Å². The molecule has 1 saturated carbocycles. The van der Waals surface area contributed by atoms with E-state index in [1.807, 2.05) is 6.92 Å². The number of carbonyl (C=O) groups is 2. The Balaban J connectivity index is 1.73. The number of Topliss-reactive ketones (excluding diaryl/α,β-unsaturated/α-hetero) is 1.